The van der Waals surface area contributed by atoms with E-state index in [9.17, 15) is 0 Å². The van der Waals surface area contributed by atoms with Gasteiger partial charge in [0.15, 0.2) is 0 Å². The van der Waals surface area contributed by atoms with Crippen LogP contribution in [0.1, 0.15) is 58.3 Å². The van der Waals surface area contributed by atoms with Gasteiger partial charge in [0.2, 0.25) is 0 Å². The lowest BCUT2D eigenvalue weighted by Gasteiger charge is -2.18. The molecule has 0 aliphatic heterocycles. The molecule has 3 heteroatoms. The zero-order valence-electron chi connectivity index (χ0n) is 13.9. The lowest BCUT2D eigenvalue weighted by molar-refractivity contribution is 0.581. The third kappa shape index (κ3) is 7.61. The number of halogens is 1. The summed E-state index contributed by atoms with van der Waals surface area (Å²) >= 11 is 6.09. The van der Waals surface area contributed by atoms with Gasteiger partial charge in [-0.25, -0.2) is 0 Å². The number of benzene rings is 1. The van der Waals surface area contributed by atoms with Gasteiger partial charge < -0.3 is 10.2 Å². The molecule has 0 spiro atoms. The number of unbranched alkanes of at least 4 members (excludes halogenated alkanes) is 7. The zero-order chi connectivity index (χ0) is 15.5. The smallest absolute Gasteiger partial charge is 0.0597 e. The van der Waals surface area contributed by atoms with Crippen molar-refractivity contribution in [2.75, 3.05) is 30.9 Å². The topological polar surface area (TPSA) is 15.3 Å². The molecule has 0 heterocycles. The Bertz CT molecular complexity index is 391. The Labute approximate surface area is 135 Å². The van der Waals surface area contributed by atoms with Crippen LogP contribution in [0.4, 0.5) is 11.4 Å². The second kappa shape index (κ2) is 10.8. The molecule has 1 N–H and O–H groups in total. The van der Waals surface area contributed by atoms with Crippen molar-refractivity contribution in [3.63, 3.8) is 0 Å². The molecule has 0 saturated carbocycles. The van der Waals surface area contributed by atoms with E-state index in [0.29, 0.717) is 0 Å². The van der Waals surface area contributed by atoms with E-state index in [-0.39, 0.29) is 0 Å². The lowest BCUT2D eigenvalue weighted by Crippen LogP contribution is -2.12. The molecule has 0 radical (unpaired) electrons. The van der Waals surface area contributed by atoms with E-state index in [1.165, 1.54) is 57.1 Å². The van der Waals surface area contributed by atoms with Crippen molar-refractivity contribution in [2.24, 2.45) is 0 Å². The third-order valence-electron chi connectivity index (χ3n) is 3.79. The van der Waals surface area contributed by atoms with Crippen molar-refractivity contribution in [3.8, 4) is 0 Å². The zero-order valence-corrected chi connectivity index (χ0v) is 14.7. The van der Waals surface area contributed by atoms with Gasteiger partial charge in [-0.05, 0) is 24.6 Å². The summed E-state index contributed by atoms with van der Waals surface area (Å²) < 4.78 is 0. The molecule has 1 aromatic carbocycles. The van der Waals surface area contributed by atoms with Crippen LogP contribution >= 0.6 is 11.6 Å². The van der Waals surface area contributed by atoms with Crippen LogP contribution in [0.5, 0.6) is 0 Å². The fourth-order valence-corrected chi connectivity index (χ4v) is 2.69. The van der Waals surface area contributed by atoms with Gasteiger partial charge in [0, 0.05) is 25.7 Å². The molecule has 0 atom stereocenters. The van der Waals surface area contributed by atoms with Crippen molar-refractivity contribution in [1.29, 1.82) is 0 Å². The van der Waals surface area contributed by atoms with Crippen LogP contribution in [-0.4, -0.2) is 20.6 Å². The molecule has 0 aliphatic carbocycles. The van der Waals surface area contributed by atoms with Crippen LogP contribution in [0.25, 0.3) is 0 Å². The number of anilines is 2. The average Bonchev–Trinajstić information content (AvgIpc) is 2.45. The van der Waals surface area contributed by atoms with E-state index in [2.05, 4.69) is 37.3 Å². The quantitative estimate of drug-likeness (QED) is 0.507. The molecule has 2 nitrogen and oxygen atoms in total. The Hall–Kier alpha value is -0.890. The van der Waals surface area contributed by atoms with Gasteiger partial charge in [0.1, 0.15) is 0 Å². The number of nitrogens with one attached hydrogen (secondary N) is 1. The highest BCUT2D eigenvalue weighted by molar-refractivity contribution is 6.31. The number of rotatable bonds is 11. The van der Waals surface area contributed by atoms with Crippen LogP contribution in [0.15, 0.2) is 18.2 Å². The maximum Gasteiger partial charge on any atom is 0.0597 e. The summed E-state index contributed by atoms with van der Waals surface area (Å²) in [6.45, 7) is 3.29. The SMILES string of the molecule is CCCCCCCCCCNc1cc(Cl)ccc1N(C)C. The molecule has 1 aromatic rings. The van der Waals surface area contributed by atoms with E-state index >= 15 is 0 Å². The number of nitrogens with zero attached hydrogens (tertiary/aromatic N) is 1. The fraction of sp³-hybridized carbons (Fsp3) is 0.667. The average molecular weight is 311 g/mol. The molecule has 1 rings (SSSR count). The molecule has 0 fully saturated rings. The third-order valence-corrected chi connectivity index (χ3v) is 4.02. The Morgan fingerprint density at radius 2 is 1.57 bits per heavy atom. The van der Waals surface area contributed by atoms with Crippen molar-refractivity contribution >= 4 is 23.0 Å². The number of hydrogen-bond acceptors (Lipinski definition) is 2. The normalized spacial score (nSPS) is 10.7. The Morgan fingerprint density at radius 3 is 2.19 bits per heavy atom. The first kappa shape index (κ1) is 18.2. The summed E-state index contributed by atoms with van der Waals surface area (Å²) in [5.74, 6) is 0. The first-order valence-corrected chi connectivity index (χ1v) is 8.73. The molecular weight excluding hydrogens is 280 g/mol. The van der Waals surface area contributed by atoms with Crippen LogP contribution < -0.4 is 10.2 Å². The molecule has 21 heavy (non-hydrogen) atoms. The van der Waals surface area contributed by atoms with Crippen molar-refractivity contribution < 1.29 is 0 Å². The van der Waals surface area contributed by atoms with Crippen LogP contribution in [0, 0.1) is 0 Å². The van der Waals surface area contributed by atoms with Gasteiger partial charge in [-0.15, -0.1) is 0 Å². The van der Waals surface area contributed by atoms with Gasteiger partial charge in [-0.2, -0.15) is 0 Å². The highest BCUT2D eigenvalue weighted by atomic mass is 35.5. The molecule has 0 unspecified atom stereocenters. The van der Waals surface area contributed by atoms with Crippen LogP contribution in [-0.2, 0) is 0 Å². The number of hydrogen-bond donors (Lipinski definition) is 1. The summed E-state index contributed by atoms with van der Waals surface area (Å²) in [5.41, 5.74) is 2.33. The minimum atomic E-state index is 0.791. The largest absolute Gasteiger partial charge is 0.383 e. The predicted octanol–water partition coefficient (Wildman–Crippen LogP) is 5.96. The van der Waals surface area contributed by atoms with Gasteiger partial charge in [-0.3, -0.25) is 0 Å². The molecule has 120 valence electrons. The minimum Gasteiger partial charge on any atom is -0.383 e. The monoisotopic (exact) mass is 310 g/mol. The van der Waals surface area contributed by atoms with Gasteiger partial charge in [-0.1, -0.05) is 63.5 Å². The summed E-state index contributed by atoms with van der Waals surface area (Å²) in [6.07, 6.45) is 10.8. The van der Waals surface area contributed by atoms with Crippen molar-refractivity contribution in [3.05, 3.63) is 23.2 Å². The molecule has 0 bridgehead atoms. The fourth-order valence-electron chi connectivity index (χ4n) is 2.52. The molecule has 0 saturated heterocycles. The first-order chi connectivity index (χ1) is 10.1. The second-order valence-electron chi connectivity index (χ2n) is 5.96. The molecule has 0 amide bonds. The van der Waals surface area contributed by atoms with E-state index < -0.39 is 0 Å². The first-order valence-electron chi connectivity index (χ1n) is 8.36. The van der Waals surface area contributed by atoms with E-state index in [1.807, 2.05) is 12.1 Å². The maximum atomic E-state index is 6.09. The second-order valence-corrected chi connectivity index (χ2v) is 6.39. The van der Waals surface area contributed by atoms with E-state index in [0.717, 1.165) is 17.3 Å². The summed E-state index contributed by atoms with van der Waals surface area (Å²) in [4.78, 5) is 2.12. The Morgan fingerprint density at radius 1 is 0.952 bits per heavy atom. The van der Waals surface area contributed by atoms with Crippen LogP contribution in [0.2, 0.25) is 5.02 Å². The predicted molar refractivity (Wildman–Crippen MR) is 96.9 cm³/mol. The molecule has 0 aliphatic rings. The van der Waals surface area contributed by atoms with Crippen LogP contribution in [0.3, 0.4) is 0 Å². The van der Waals surface area contributed by atoms with Crippen molar-refractivity contribution in [1.82, 2.24) is 0 Å². The van der Waals surface area contributed by atoms with Crippen molar-refractivity contribution in [2.45, 2.75) is 58.3 Å². The standard InChI is InChI=1S/C18H31ClN2/c1-4-5-6-7-8-9-10-11-14-20-17-15-16(19)12-13-18(17)21(2)3/h12-13,15,20H,4-11,14H2,1-3H3. The highest BCUT2D eigenvalue weighted by Crippen LogP contribution is 2.27. The maximum absolute atomic E-state index is 6.09. The molecular formula is C18H31ClN2. The van der Waals surface area contributed by atoms with Gasteiger partial charge in [0.05, 0.1) is 11.4 Å². The Kier molecular flexibility index (Phi) is 9.32. The van der Waals surface area contributed by atoms with Gasteiger partial charge >= 0.3 is 0 Å². The minimum absolute atomic E-state index is 0.791. The van der Waals surface area contributed by atoms with Gasteiger partial charge in [0.25, 0.3) is 0 Å². The van der Waals surface area contributed by atoms with E-state index in [4.69, 9.17) is 11.6 Å². The summed E-state index contributed by atoms with van der Waals surface area (Å²) in [6, 6.07) is 6.03. The summed E-state index contributed by atoms with van der Waals surface area (Å²) in [5, 5.41) is 4.31. The lowest BCUT2D eigenvalue weighted by atomic mass is 10.1. The highest BCUT2D eigenvalue weighted by Gasteiger charge is 2.04. The Balaban J connectivity index is 2.19. The summed E-state index contributed by atoms with van der Waals surface area (Å²) in [7, 11) is 4.12. The molecule has 0 aromatic heterocycles. The van der Waals surface area contributed by atoms with E-state index in [1.54, 1.807) is 0 Å².